The van der Waals surface area contributed by atoms with Gasteiger partial charge in [0.2, 0.25) is 0 Å². The lowest BCUT2D eigenvalue weighted by molar-refractivity contribution is -0.141. The Labute approximate surface area is 80.4 Å². The first-order chi connectivity index (χ1) is 6.13. The van der Waals surface area contributed by atoms with Crippen molar-refractivity contribution in [1.82, 2.24) is 0 Å². The highest BCUT2D eigenvalue weighted by molar-refractivity contribution is 5.65. The predicted octanol–water partition coefficient (Wildman–Crippen LogP) is 2.00. The molecule has 0 saturated heterocycles. The first-order valence-electron chi connectivity index (χ1n) is 4.84. The van der Waals surface area contributed by atoms with E-state index in [1.165, 1.54) is 6.92 Å². The maximum absolute atomic E-state index is 10.4. The van der Waals surface area contributed by atoms with Gasteiger partial charge in [-0.2, -0.15) is 0 Å². The van der Waals surface area contributed by atoms with E-state index in [-0.39, 0.29) is 5.97 Å². The molecule has 0 saturated carbocycles. The SMILES string of the molecule is CC(=O)OCCCCOCC(C)C. The quantitative estimate of drug-likeness (QED) is 0.453. The van der Waals surface area contributed by atoms with E-state index >= 15 is 0 Å². The molecule has 0 heterocycles. The number of rotatable bonds is 7. The highest BCUT2D eigenvalue weighted by atomic mass is 16.5. The average Bonchev–Trinajstić information content (AvgIpc) is 2.01. The lowest BCUT2D eigenvalue weighted by atomic mass is 10.2. The van der Waals surface area contributed by atoms with E-state index < -0.39 is 0 Å². The summed E-state index contributed by atoms with van der Waals surface area (Å²) in [4.78, 5) is 10.4. The molecule has 0 aromatic carbocycles. The van der Waals surface area contributed by atoms with Crippen LogP contribution in [0.25, 0.3) is 0 Å². The Kier molecular flexibility index (Phi) is 7.69. The van der Waals surface area contributed by atoms with Crippen molar-refractivity contribution >= 4 is 5.97 Å². The van der Waals surface area contributed by atoms with Crippen LogP contribution in [-0.2, 0) is 14.3 Å². The molecule has 0 atom stereocenters. The van der Waals surface area contributed by atoms with Crippen LogP contribution in [0.4, 0.5) is 0 Å². The number of ether oxygens (including phenoxy) is 2. The Bertz CT molecular complexity index is 132. The summed E-state index contributed by atoms with van der Waals surface area (Å²) in [6, 6.07) is 0. The van der Waals surface area contributed by atoms with Crippen LogP contribution in [0, 0.1) is 5.92 Å². The van der Waals surface area contributed by atoms with Crippen molar-refractivity contribution in [3.05, 3.63) is 0 Å². The maximum atomic E-state index is 10.4. The molecular weight excluding hydrogens is 168 g/mol. The first kappa shape index (κ1) is 12.4. The molecule has 0 spiro atoms. The fourth-order valence-electron chi connectivity index (χ4n) is 0.841. The van der Waals surface area contributed by atoms with Gasteiger partial charge < -0.3 is 9.47 Å². The summed E-state index contributed by atoms with van der Waals surface area (Å²) in [5.41, 5.74) is 0. The van der Waals surface area contributed by atoms with E-state index in [9.17, 15) is 4.79 Å². The molecule has 0 aromatic heterocycles. The average molecular weight is 188 g/mol. The van der Waals surface area contributed by atoms with Crippen LogP contribution >= 0.6 is 0 Å². The zero-order chi connectivity index (χ0) is 10.1. The van der Waals surface area contributed by atoms with Gasteiger partial charge in [0.25, 0.3) is 0 Å². The fraction of sp³-hybridized carbons (Fsp3) is 0.900. The molecule has 0 aromatic rings. The third kappa shape index (κ3) is 11.4. The molecule has 0 bridgehead atoms. The van der Waals surface area contributed by atoms with Crippen LogP contribution in [0.3, 0.4) is 0 Å². The molecule has 0 amide bonds. The number of carbonyl (C=O) groups excluding carboxylic acids is 1. The Morgan fingerprint density at radius 1 is 1.23 bits per heavy atom. The minimum absolute atomic E-state index is 0.205. The molecule has 0 aliphatic carbocycles. The van der Waals surface area contributed by atoms with Crippen molar-refractivity contribution in [3.8, 4) is 0 Å². The Morgan fingerprint density at radius 2 is 1.85 bits per heavy atom. The molecule has 3 nitrogen and oxygen atoms in total. The van der Waals surface area contributed by atoms with Gasteiger partial charge in [-0.05, 0) is 18.8 Å². The first-order valence-corrected chi connectivity index (χ1v) is 4.84. The summed E-state index contributed by atoms with van der Waals surface area (Å²) in [6.45, 7) is 7.76. The summed E-state index contributed by atoms with van der Waals surface area (Å²) in [6.07, 6.45) is 1.84. The maximum Gasteiger partial charge on any atom is 0.302 e. The number of carbonyl (C=O) groups is 1. The number of esters is 1. The van der Waals surface area contributed by atoms with Crippen molar-refractivity contribution in [3.63, 3.8) is 0 Å². The monoisotopic (exact) mass is 188 g/mol. The molecule has 0 N–H and O–H groups in total. The Balaban J connectivity index is 2.96. The largest absolute Gasteiger partial charge is 0.466 e. The third-order valence-electron chi connectivity index (χ3n) is 1.44. The lowest BCUT2D eigenvalue weighted by Gasteiger charge is -2.06. The minimum Gasteiger partial charge on any atom is -0.466 e. The second-order valence-corrected chi connectivity index (χ2v) is 3.52. The molecule has 0 radical (unpaired) electrons. The van der Waals surface area contributed by atoms with Crippen LogP contribution in [0.15, 0.2) is 0 Å². The zero-order valence-corrected chi connectivity index (χ0v) is 8.84. The molecule has 0 aliphatic rings. The van der Waals surface area contributed by atoms with Crippen LogP contribution < -0.4 is 0 Å². The minimum atomic E-state index is -0.205. The summed E-state index contributed by atoms with van der Waals surface area (Å²) in [7, 11) is 0. The van der Waals surface area contributed by atoms with Crippen LogP contribution in [0.1, 0.15) is 33.6 Å². The van der Waals surface area contributed by atoms with E-state index in [1.54, 1.807) is 0 Å². The van der Waals surface area contributed by atoms with Gasteiger partial charge in [-0.1, -0.05) is 13.8 Å². The molecule has 3 heteroatoms. The van der Waals surface area contributed by atoms with Crippen molar-refractivity contribution in [2.24, 2.45) is 5.92 Å². The van der Waals surface area contributed by atoms with E-state index in [0.29, 0.717) is 12.5 Å². The van der Waals surface area contributed by atoms with Gasteiger partial charge in [0, 0.05) is 20.1 Å². The van der Waals surface area contributed by atoms with Gasteiger partial charge in [-0.15, -0.1) is 0 Å². The van der Waals surface area contributed by atoms with Crippen molar-refractivity contribution < 1.29 is 14.3 Å². The lowest BCUT2D eigenvalue weighted by Crippen LogP contribution is -2.05. The van der Waals surface area contributed by atoms with E-state index in [4.69, 9.17) is 9.47 Å². The zero-order valence-electron chi connectivity index (χ0n) is 8.84. The molecule has 78 valence electrons. The highest BCUT2D eigenvalue weighted by Gasteiger charge is 1.95. The molecule has 0 rings (SSSR count). The topological polar surface area (TPSA) is 35.5 Å². The summed E-state index contributed by atoms with van der Waals surface area (Å²) in [5.74, 6) is 0.386. The van der Waals surface area contributed by atoms with E-state index in [1.807, 2.05) is 0 Å². The van der Waals surface area contributed by atoms with Gasteiger partial charge >= 0.3 is 5.97 Å². The van der Waals surface area contributed by atoms with Crippen molar-refractivity contribution in [2.75, 3.05) is 19.8 Å². The number of hydrogen-bond donors (Lipinski definition) is 0. The highest BCUT2D eigenvalue weighted by Crippen LogP contribution is 1.96. The van der Waals surface area contributed by atoms with Gasteiger partial charge in [-0.3, -0.25) is 4.79 Å². The van der Waals surface area contributed by atoms with Crippen LogP contribution in [-0.4, -0.2) is 25.8 Å². The van der Waals surface area contributed by atoms with Crippen LogP contribution in [0.2, 0.25) is 0 Å². The molecular formula is C10H20O3. The summed E-state index contributed by atoms with van der Waals surface area (Å²) >= 11 is 0. The van der Waals surface area contributed by atoms with Gasteiger partial charge in [0.15, 0.2) is 0 Å². The van der Waals surface area contributed by atoms with Gasteiger partial charge in [-0.25, -0.2) is 0 Å². The Hall–Kier alpha value is -0.570. The van der Waals surface area contributed by atoms with E-state index in [0.717, 1.165) is 26.1 Å². The fourth-order valence-corrected chi connectivity index (χ4v) is 0.841. The number of unbranched alkanes of at least 4 members (excludes halogenated alkanes) is 1. The predicted molar refractivity (Wildman–Crippen MR) is 51.5 cm³/mol. The standard InChI is InChI=1S/C10H20O3/c1-9(2)8-12-6-4-5-7-13-10(3)11/h9H,4-8H2,1-3H3. The van der Waals surface area contributed by atoms with Crippen molar-refractivity contribution in [2.45, 2.75) is 33.6 Å². The molecule has 13 heavy (non-hydrogen) atoms. The molecule has 0 aliphatic heterocycles. The van der Waals surface area contributed by atoms with Crippen molar-refractivity contribution in [1.29, 1.82) is 0 Å². The van der Waals surface area contributed by atoms with E-state index in [2.05, 4.69) is 13.8 Å². The Morgan fingerprint density at radius 3 is 2.38 bits per heavy atom. The normalized spacial score (nSPS) is 10.5. The second kappa shape index (κ2) is 8.05. The van der Waals surface area contributed by atoms with Gasteiger partial charge in [0.1, 0.15) is 0 Å². The smallest absolute Gasteiger partial charge is 0.302 e. The van der Waals surface area contributed by atoms with Crippen LogP contribution in [0.5, 0.6) is 0 Å². The number of hydrogen-bond acceptors (Lipinski definition) is 3. The molecule has 0 unspecified atom stereocenters. The van der Waals surface area contributed by atoms with Gasteiger partial charge in [0.05, 0.1) is 6.61 Å². The second-order valence-electron chi connectivity index (χ2n) is 3.52. The molecule has 0 fully saturated rings. The third-order valence-corrected chi connectivity index (χ3v) is 1.44. The summed E-state index contributed by atoms with van der Waals surface area (Å²) in [5, 5.41) is 0. The summed E-state index contributed by atoms with van der Waals surface area (Å²) < 4.78 is 10.1.